The number of aromatic nitrogens is 3. The van der Waals surface area contributed by atoms with E-state index in [4.69, 9.17) is 19.0 Å². The quantitative estimate of drug-likeness (QED) is 0.651. The van der Waals surface area contributed by atoms with Crippen molar-refractivity contribution >= 4 is 11.6 Å². The molecule has 1 saturated heterocycles. The number of piperidine rings is 1. The second kappa shape index (κ2) is 8.58. The Hall–Kier alpha value is -3.46. The highest BCUT2D eigenvalue weighted by Crippen LogP contribution is 2.35. The van der Waals surface area contributed by atoms with Gasteiger partial charge in [-0.05, 0) is 51.9 Å². The number of benzene rings is 1. The Balaban J connectivity index is 1.20. The fourth-order valence-corrected chi connectivity index (χ4v) is 4.22. The number of likely N-dealkylation sites (tertiary alicyclic amines) is 1. The second-order valence-electron chi connectivity index (χ2n) is 8.22. The Morgan fingerprint density at radius 1 is 1.16 bits per heavy atom. The van der Waals surface area contributed by atoms with Gasteiger partial charge in [-0.1, -0.05) is 5.16 Å². The maximum atomic E-state index is 12.6. The molecule has 0 radical (unpaired) electrons. The molecule has 1 amide bonds. The predicted octanol–water partition coefficient (Wildman–Crippen LogP) is 3.30. The zero-order chi connectivity index (χ0) is 22.1. The number of fused-ring (bicyclic) bond motifs is 1. The van der Waals surface area contributed by atoms with Crippen LogP contribution in [0.2, 0.25) is 0 Å². The summed E-state index contributed by atoms with van der Waals surface area (Å²) in [5.41, 5.74) is 3.43. The molecule has 2 aliphatic heterocycles. The minimum Gasteiger partial charge on any atom is -0.454 e. The monoisotopic (exact) mass is 435 g/mol. The summed E-state index contributed by atoms with van der Waals surface area (Å²) in [5.74, 6) is 3.03. The van der Waals surface area contributed by atoms with Crippen molar-refractivity contribution in [3.05, 3.63) is 47.7 Å². The molecule has 5 rings (SSSR count). The molecule has 2 aliphatic rings. The maximum absolute atomic E-state index is 12.6. The van der Waals surface area contributed by atoms with E-state index in [9.17, 15) is 4.79 Å². The first-order valence-electron chi connectivity index (χ1n) is 10.7. The molecule has 1 N–H and O–H groups in total. The van der Waals surface area contributed by atoms with Gasteiger partial charge in [-0.15, -0.1) is 0 Å². The van der Waals surface area contributed by atoms with Gasteiger partial charge in [-0.2, -0.15) is 0 Å². The molecule has 4 heterocycles. The van der Waals surface area contributed by atoms with Gasteiger partial charge in [0.05, 0.1) is 23.5 Å². The smallest absolute Gasteiger partial charge is 0.238 e. The summed E-state index contributed by atoms with van der Waals surface area (Å²) < 4.78 is 16.2. The first-order valence-corrected chi connectivity index (χ1v) is 10.7. The van der Waals surface area contributed by atoms with Crippen LogP contribution >= 0.6 is 0 Å². The Kier molecular flexibility index (Phi) is 5.48. The summed E-state index contributed by atoms with van der Waals surface area (Å²) >= 11 is 0. The van der Waals surface area contributed by atoms with Crippen molar-refractivity contribution in [3.8, 4) is 22.8 Å². The molecule has 32 heavy (non-hydrogen) atoms. The standard InChI is InChI=1S/C23H25N5O4/c1-14-9-20(32-27-14)18-11-24-15(2)25-23(18)16-5-7-28(8-6-16)12-22(29)26-17-3-4-19-21(10-17)31-13-30-19/h3-4,9-11,16H,5-8,12-13H2,1-2H3,(H,26,29). The third-order valence-corrected chi connectivity index (χ3v) is 5.83. The van der Waals surface area contributed by atoms with Crippen LogP contribution in [0.25, 0.3) is 11.3 Å². The largest absolute Gasteiger partial charge is 0.454 e. The Morgan fingerprint density at radius 3 is 2.75 bits per heavy atom. The van der Waals surface area contributed by atoms with E-state index in [0.29, 0.717) is 29.5 Å². The number of nitrogens with zero attached hydrogens (tertiary/aromatic N) is 4. The highest BCUT2D eigenvalue weighted by atomic mass is 16.7. The van der Waals surface area contributed by atoms with Crippen LogP contribution in [0, 0.1) is 13.8 Å². The van der Waals surface area contributed by atoms with Gasteiger partial charge in [-0.3, -0.25) is 9.69 Å². The number of hydrogen-bond donors (Lipinski definition) is 1. The van der Waals surface area contributed by atoms with E-state index in [1.807, 2.05) is 32.2 Å². The van der Waals surface area contributed by atoms with Crippen molar-refractivity contribution in [3.63, 3.8) is 0 Å². The van der Waals surface area contributed by atoms with Crippen LogP contribution < -0.4 is 14.8 Å². The SMILES string of the molecule is Cc1cc(-c2cnc(C)nc2C2CCN(CC(=O)Nc3ccc4c(c3)OCO4)CC2)on1. The van der Waals surface area contributed by atoms with Gasteiger partial charge in [0, 0.05) is 29.9 Å². The highest BCUT2D eigenvalue weighted by Gasteiger charge is 2.27. The number of carbonyl (C=O) groups excluding carboxylic acids is 1. The minimum atomic E-state index is -0.0435. The number of aryl methyl sites for hydroxylation is 2. The highest BCUT2D eigenvalue weighted by molar-refractivity contribution is 5.92. The van der Waals surface area contributed by atoms with Crippen molar-refractivity contribution in [2.45, 2.75) is 32.6 Å². The van der Waals surface area contributed by atoms with Crippen molar-refractivity contribution < 1.29 is 18.8 Å². The lowest BCUT2D eigenvalue weighted by Gasteiger charge is -2.31. The van der Waals surface area contributed by atoms with Crippen LogP contribution in [0.1, 0.15) is 36.0 Å². The van der Waals surface area contributed by atoms with Gasteiger partial charge in [0.25, 0.3) is 0 Å². The molecule has 2 aromatic heterocycles. The van der Waals surface area contributed by atoms with E-state index < -0.39 is 0 Å². The van der Waals surface area contributed by atoms with E-state index in [0.717, 1.165) is 48.7 Å². The van der Waals surface area contributed by atoms with Crippen molar-refractivity contribution in [2.75, 3.05) is 31.7 Å². The minimum absolute atomic E-state index is 0.0435. The molecule has 9 nitrogen and oxygen atoms in total. The third-order valence-electron chi connectivity index (χ3n) is 5.83. The van der Waals surface area contributed by atoms with Crippen molar-refractivity contribution in [2.24, 2.45) is 0 Å². The topological polar surface area (TPSA) is 103 Å². The number of rotatable bonds is 5. The third kappa shape index (κ3) is 4.29. The number of carbonyl (C=O) groups is 1. The summed E-state index contributed by atoms with van der Waals surface area (Å²) in [4.78, 5) is 23.8. The molecular formula is C23H25N5O4. The number of amides is 1. The van der Waals surface area contributed by atoms with E-state index in [1.54, 1.807) is 12.1 Å². The summed E-state index contributed by atoms with van der Waals surface area (Å²) in [5, 5.41) is 6.95. The molecule has 0 spiro atoms. The average Bonchev–Trinajstić information content (AvgIpc) is 3.42. The van der Waals surface area contributed by atoms with Gasteiger partial charge in [-0.25, -0.2) is 9.97 Å². The van der Waals surface area contributed by atoms with Crippen LogP contribution in [0.15, 0.2) is 35.0 Å². The first kappa shape index (κ1) is 20.4. The second-order valence-corrected chi connectivity index (χ2v) is 8.22. The first-order chi connectivity index (χ1) is 15.5. The van der Waals surface area contributed by atoms with E-state index >= 15 is 0 Å². The van der Waals surface area contributed by atoms with E-state index in [1.165, 1.54) is 0 Å². The van der Waals surface area contributed by atoms with Gasteiger partial charge in [0.2, 0.25) is 12.7 Å². The van der Waals surface area contributed by atoms with Crippen LogP contribution in [0.5, 0.6) is 11.5 Å². The number of hydrogen-bond acceptors (Lipinski definition) is 8. The molecule has 9 heteroatoms. The lowest BCUT2D eigenvalue weighted by Crippen LogP contribution is -2.39. The van der Waals surface area contributed by atoms with Crippen LogP contribution in [0.4, 0.5) is 5.69 Å². The summed E-state index contributed by atoms with van der Waals surface area (Å²) in [6.45, 7) is 5.99. The van der Waals surface area contributed by atoms with Gasteiger partial charge < -0.3 is 19.3 Å². The Morgan fingerprint density at radius 2 is 1.97 bits per heavy atom. The fraction of sp³-hybridized carbons (Fsp3) is 0.391. The van der Waals surface area contributed by atoms with E-state index in [-0.39, 0.29) is 18.6 Å². The van der Waals surface area contributed by atoms with E-state index in [2.05, 4.69) is 20.4 Å². The zero-order valence-corrected chi connectivity index (χ0v) is 18.1. The Labute approximate surface area is 185 Å². The molecule has 1 fully saturated rings. The predicted molar refractivity (Wildman–Crippen MR) is 117 cm³/mol. The number of anilines is 1. The molecule has 0 bridgehead atoms. The molecule has 0 aliphatic carbocycles. The van der Waals surface area contributed by atoms with Crippen LogP contribution in [-0.2, 0) is 4.79 Å². The molecule has 1 aromatic carbocycles. The summed E-state index contributed by atoms with van der Waals surface area (Å²) in [6.07, 6.45) is 3.64. The van der Waals surface area contributed by atoms with Gasteiger partial charge in [0.15, 0.2) is 17.3 Å². The number of nitrogens with one attached hydrogen (secondary N) is 1. The average molecular weight is 435 g/mol. The Bertz CT molecular complexity index is 1140. The van der Waals surface area contributed by atoms with Gasteiger partial charge >= 0.3 is 0 Å². The molecular weight excluding hydrogens is 410 g/mol. The maximum Gasteiger partial charge on any atom is 0.238 e. The van der Waals surface area contributed by atoms with Crippen LogP contribution in [-0.4, -0.2) is 52.4 Å². The normalized spacial score (nSPS) is 16.3. The zero-order valence-electron chi connectivity index (χ0n) is 18.1. The fourth-order valence-electron chi connectivity index (χ4n) is 4.22. The summed E-state index contributed by atoms with van der Waals surface area (Å²) in [6, 6.07) is 7.33. The van der Waals surface area contributed by atoms with Crippen molar-refractivity contribution in [1.82, 2.24) is 20.0 Å². The number of ether oxygens (including phenoxy) is 2. The van der Waals surface area contributed by atoms with Crippen molar-refractivity contribution in [1.29, 1.82) is 0 Å². The van der Waals surface area contributed by atoms with Crippen LogP contribution in [0.3, 0.4) is 0 Å². The molecule has 3 aromatic rings. The molecule has 0 unspecified atom stereocenters. The molecule has 0 saturated carbocycles. The summed E-state index contributed by atoms with van der Waals surface area (Å²) in [7, 11) is 0. The molecule has 0 atom stereocenters. The lowest BCUT2D eigenvalue weighted by molar-refractivity contribution is -0.117. The lowest BCUT2D eigenvalue weighted by atomic mass is 9.90. The molecule has 166 valence electrons. The van der Waals surface area contributed by atoms with Gasteiger partial charge in [0.1, 0.15) is 5.82 Å².